The lowest BCUT2D eigenvalue weighted by atomic mass is 9.97. The highest BCUT2D eigenvalue weighted by Crippen LogP contribution is 2.26. The quantitative estimate of drug-likeness (QED) is 0.675. The van der Waals surface area contributed by atoms with E-state index in [9.17, 15) is 9.59 Å². The zero-order valence-corrected chi connectivity index (χ0v) is 16.9. The summed E-state index contributed by atoms with van der Waals surface area (Å²) in [6, 6.07) is 9.55. The average molecular weight is 416 g/mol. The number of amides is 2. The number of nitrogens with zero attached hydrogens (tertiary/aromatic N) is 3. The Balaban J connectivity index is 1.53. The fourth-order valence-corrected chi connectivity index (χ4v) is 4.31. The Bertz CT molecular complexity index is 850. The molecule has 2 amide bonds. The highest BCUT2D eigenvalue weighted by atomic mass is 32.2. The molecular formula is C19H21N5O2S2. The molecule has 0 bridgehead atoms. The van der Waals surface area contributed by atoms with Crippen molar-refractivity contribution in [1.82, 2.24) is 9.88 Å². The summed E-state index contributed by atoms with van der Waals surface area (Å²) in [5.74, 6) is 0.0164. The molecule has 2 N–H and O–H groups in total. The fraction of sp³-hybridized carbons (Fsp3) is 0.368. The minimum atomic E-state index is -0.149. The third-order valence-corrected chi connectivity index (χ3v) is 5.99. The van der Waals surface area contributed by atoms with Crippen LogP contribution in [-0.4, -0.2) is 47.1 Å². The number of benzene rings is 1. The smallest absolute Gasteiger partial charge is 0.238 e. The molecule has 1 saturated heterocycles. The minimum Gasteiger partial charge on any atom is -0.324 e. The molecule has 1 fully saturated rings. The number of hydrogen-bond acceptors (Lipinski definition) is 7. The molecule has 146 valence electrons. The summed E-state index contributed by atoms with van der Waals surface area (Å²) in [5.41, 5.74) is 0.711. The Hall–Kier alpha value is -2.41. The largest absolute Gasteiger partial charge is 0.324 e. The molecule has 2 heterocycles. The van der Waals surface area contributed by atoms with Crippen molar-refractivity contribution >= 4 is 45.7 Å². The van der Waals surface area contributed by atoms with Crippen LogP contribution in [0.3, 0.4) is 0 Å². The van der Waals surface area contributed by atoms with Gasteiger partial charge in [-0.3, -0.25) is 14.5 Å². The van der Waals surface area contributed by atoms with Crippen molar-refractivity contribution in [3.63, 3.8) is 0 Å². The van der Waals surface area contributed by atoms with Gasteiger partial charge in [0.2, 0.25) is 11.8 Å². The number of carbonyl (C=O) groups excluding carboxylic acids is 2. The van der Waals surface area contributed by atoms with Gasteiger partial charge in [0.15, 0.2) is 5.13 Å². The summed E-state index contributed by atoms with van der Waals surface area (Å²) < 4.78 is 0. The maximum atomic E-state index is 12.5. The molecule has 1 aliphatic heterocycles. The van der Waals surface area contributed by atoms with Gasteiger partial charge in [-0.05, 0) is 31.5 Å². The molecule has 1 aliphatic rings. The van der Waals surface area contributed by atoms with E-state index in [4.69, 9.17) is 5.26 Å². The molecule has 2 aromatic rings. The zero-order chi connectivity index (χ0) is 19.8. The second-order valence-electron chi connectivity index (χ2n) is 6.39. The van der Waals surface area contributed by atoms with Crippen molar-refractivity contribution in [3.05, 3.63) is 35.8 Å². The van der Waals surface area contributed by atoms with E-state index in [0.29, 0.717) is 23.1 Å². The summed E-state index contributed by atoms with van der Waals surface area (Å²) in [6.07, 6.45) is 3.34. The lowest BCUT2D eigenvalue weighted by Crippen LogP contribution is -2.44. The van der Waals surface area contributed by atoms with Gasteiger partial charge in [-0.25, -0.2) is 4.98 Å². The van der Waals surface area contributed by atoms with Gasteiger partial charge in [0.25, 0.3) is 0 Å². The van der Waals surface area contributed by atoms with Crippen LogP contribution in [0.4, 0.5) is 10.8 Å². The van der Waals surface area contributed by atoms with Crippen LogP contribution in [0, 0.1) is 17.2 Å². The van der Waals surface area contributed by atoms with Gasteiger partial charge >= 0.3 is 0 Å². The van der Waals surface area contributed by atoms with E-state index in [-0.39, 0.29) is 24.3 Å². The fourth-order valence-electron chi connectivity index (χ4n) is 3.10. The molecule has 0 spiro atoms. The highest BCUT2D eigenvalue weighted by Gasteiger charge is 2.27. The standard InChI is InChI=1S/C19H21N5O2S2/c20-7-10-27-16-6-2-1-5-15(16)22-17(25)13-24-9-3-4-14(12-24)18(26)23-19-21-8-11-28-19/h1-2,5-6,8,11,14H,3-4,9-10,12-13H2,(H,22,25)(H,21,23,26). The Morgan fingerprint density at radius 2 is 2.21 bits per heavy atom. The monoisotopic (exact) mass is 415 g/mol. The molecule has 9 heteroatoms. The van der Waals surface area contributed by atoms with Crippen LogP contribution in [0.1, 0.15) is 12.8 Å². The maximum absolute atomic E-state index is 12.5. The van der Waals surface area contributed by atoms with Crippen LogP contribution in [0.25, 0.3) is 0 Å². The summed E-state index contributed by atoms with van der Waals surface area (Å²) in [6.45, 7) is 1.58. The minimum absolute atomic E-state index is 0.0432. The van der Waals surface area contributed by atoms with E-state index in [1.54, 1.807) is 6.20 Å². The van der Waals surface area contributed by atoms with Crippen molar-refractivity contribution in [3.8, 4) is 6.07 Å². The lowest BCUT2D eigenvalue weighted by molar-refractivity contribution is -0.123. The van der Waals surface area contributed by atoms with E-state index >= 15 is 0 Å². The lowest BCUT2D eigenvalue weighted by Gasteiger charge is -2.31. The molecular weight excluding hydrogens is 394 g/mol. The van der Waals surface area contributed by atoms with Gasteiger partial charge in [-0.1, -0.05) is 12.1 Å². The van der Waals surface area contributed by atoms with Gasteiger partial charge in [-0.15, -0.1) is 23.1 Å². The number of carbonyl (C=O) groups is 2. The summed E-state index contributed by atoms with van der Waals surface area (Å²) >= 11 is 2.79. The Morgan fingerprint density at radius 1 is 1.36 bits per heavy atom. The number of thioether (sulfide) groups is 1. The molecule has 1 atom stereocenters. The van der Waals surface area contributed by atoms with Gasteiger partial charge < -0.3 is 10.6 Å². The Kier molecular flexibility index (Phi) is 7.42. The topological polar surface area (TPSA) is 98.1 Å². The summed E-state index contributed by atoms with van der Waals surface area (Å²) in [7, 11) is 0. The number of piperidine rings is 1. The number of thiazole rings is 1. The summed E-state index contributed by atoms with van der Waals surface area (Å²) in [4.78, 5) is 31.9. The molecule has 3 rings (SSSR count). The van der Waals surface area contributed by atoms with Crippen molar-refractivity contribution < 1.29 is 9.59 Å². The third-order valence-electron chi connectivity index (χ3n) is 4.36. The van der Waals surface area contributed by atoms with E-state index in [1.807, 2.05) is 34.5 Å². The molecule has 0 saturated carbocycles. The van der Waals surface area contributed by atoms with Gasteiger partial charge in [0.05, 0.1) is 30.0 Å². The molecule has 1 unspecified atom stereocenters. The van der Waals surface area contributed by atoms with E-state index in [2.05, 4.69) is 21.7 Å². The molecule has 28 heavy (non-hydrogen) atoms. The number of nitrogens with one attached hydrogen (secondary N) is 2. The normalized spacial score (nSPS) is 16.9. The third kappa shape index (κ3) is 5.79. The second-order valence-corrected chi connectivity index (χ2v) is 8.30. The predicted molar refractivity (Wildman–Crippen MR) is 111 cm³/mol. The van der Waals surface area contributed by atoms with E-state index in [1.165, 1.54) is 23.1 Å². The van der Waals surface area contributed by atoms with Crippen LogP contribution in [0.15, 0.2) is 40.7 Å². The first-order valence-electron chi connectivity index (χ1n) is 8.97. The zero-order valence-electron chi connectivity index (χ0n) is 15.3. The first-order chi connectivity index (χ1) is 13.7. The van der Waals surface area contributed by atoms with Gasteiger partial charge in [-0.2, -0.15) is 5.26 Å². The number of nitriles is 1. The highest BCUT2D eigenvalue weighted by molar-refractivity contribution is 7.99. The number of aromatic nitrogens is 1. The molecule has 1 aromatic heterocycles. The second kappa shape index (κ2) is 10.2. The van der Waals surface area contributed by atoms with Crippen LogP contribution < -0.4 is 10.6 Å². The van der Waals surface area contributed by atoms with Crippen LogP contribution in [-0.2, 0) is 9.59 Å². The average Bonchev–Trinajstić information content (AvgIpc) is 3.20. The first-order valence-corrected chi connectivity index (χ1v) is 10.8. The molecule has 7 nitrogen and oxygen atoms in total. The van der Waals surface area contributed by atoms with Crippen LogP contribution in [0.2, 0.25) is 0 Å². The maximum Gasteiger partial charge on any atom is 0.238 e. The number of likely N-dealkylation sites (tertiary alicyclic amines) is 1. The Morgan fingerprint density at radius 3 is 3.00 bits per heavy atom. The molecule has 0 radical (unpaired) electrons. The number of hydrogen-bond donors (Lipinski definition) is 2. The Labute approximate surface area is 172 Å². The van der Waals surface area contributed by atoms with Gasteiger partial charge in [0, 0.05) is 23.0 Å². The predicted octanol–water partition coefficient (Wildman–Crippen LogP) is 3.05. The van der Waals surface area contributed by atoms with Crippen LogP contribution >= 0.6 is 23.1 Å². The number of anilines is 2. The first kappa shape index (κ1) is 20.3. The summed E-state index contributed by atoms with van der Waals surface area (Å²) in [5, 5.41) is 17.0. The number of para-hydroxylation sites is 1. The van der Waals surface area contributed by atoms with E-state index < -0.39 is 0 Å². The van der Waals surface area contributed by atoms with Crippen molar-refractivity contribution in [2.45, 2.75) is 17.7 Å². The van der Waals surface area contributed by atoms with E-state index in [0.717, 1.165) is 24.3 Å². The van der Waals surface area contributed by atoms with Gasteiger partial charge in [0.1, 0.15) is 0 Å². The molecule has 0 aliphatic carbocycles. The van der Waals surface area contributed by atoms with Crippen molar-refractivity contribution in [2.75, 3.05) is 36.0 Å². The SMILES string of the molecule is N#CCSc1ccccc1NC(=O)CN1CCCC(C(=O)Nc2nccs2)C1. The number of rotatable bonds is 7. The van der Waals surface area contributed by atoms with Crippen molar-refractivity contribution in [1.29, 1.82) is 5.26 Å². The molecule has 1 aromatic carbocycles. The van der Waals surface area contributed by atoms with Crippen molar-refractivity contribution in [2.24, 2.45) is 5.92 Å². The van der Waals surface area contributed by atoms with Crippen LogP contribution in [0.5, 0.6) is 0 Å².